The number of hydrogen-bond acceptors (Lipinski definition) is 6. The van der Waals surface area contributed by atoms with E-state index in [0.717, 1.165) is 49.4 Å². The van der Waals surface area contributed by atoms with E-state index in [9.17, 15) is 9.59 Å². The highest BCUT2D eigenvalue weighted by Crippen LogP contribution is 2.36. The van der Waals surface area contributed by atoms with Gasteiger partial charge in [0.15, 0.2) is 0 Å². The van der Waals surface area contributed by atoms with Gasteiger partial charge in [0.05, 0.1) is 26.0 Å². The minimum absolute atomic E-state index is 0.318. The van der Waals surface area contributed by atoms with Crippen molar-refractivity contribution < 1.29 is 23.8 Å². The minimum atomic E-state index is -0.732. The van der Waals surface area contributed by atoms with Crippen LogP contribution in [-0.4, -0.2) is 63.2 Å². The maximum atomic E-state index is 13.5. The molecule has 0 unspecified atom stereocenters. The fourth-order valence-corrected chi connectivity index (χ4v) is 5.22. The summed E-state index contributed by atoms with van der Waals surface area (Å²) < 4.78 is 17.0. The average molecular weight is 553 g/mol. The number of methoxy groups -OCH3 is 1. The van der Waals surface area contributed by atoms with Crippen molar-refractivity contribution in [1.29, 1.82) is 0 Å². The number of benzene rings is 4. The highest BCUT2D eigenvalue weighted by atomic mass is 16.5. The molecule has 4 aromatic rings. The Morgan fingerprint density at radius 3 is 2.27 bits per heavy atom. The monoisotopic (exact) mass is 552 g/mol. The molecule has 0 aliphatic carbocycles. The number of fused-ring (bicyclic) bond motifs is 1. The number of carbonyl (C=O) groups is 2. The van der Waals surface area contributed by atoms with Crippen LogP contribution in [0.3, 0.4) is 0 Å². The Labute approximate surface area is 241 Å². The van der Waals surface area contributed by atoms with Crippen molar-refractivity contribution in [3.05, 3.63) is 102 Å². The number of rotatable bonds is 10. The molecule has 0 bridgehead atoms. The Hall–Kier alpha value is -4.20. The molecule has 1 fully saturated rings. The van der Waals surface area contributed by atoms with E-state index in [1.165, 1.54) is 0 Å². The molecule has 7 heteroatoms. The first kappa shape index (κ1) is 28.3. The summed E-state index contributed by atoms with van der Waals surface area (Å²) in [7, 11) is 1.54. The lowest BCUT2D eigenvalue weighted by atomic mass is 9.78. The van der Waals surface area contributed by atoms with Gasteiger partial charge in [0.1, 0.15) is 18.1 Å². The first-order valence-corrected chi connectivity index (χ1v) is 13.9. The summed E-state index contributed by atoms with van der Waals surface area (Å²) in [5.41, 5.74) is 2.55. The van der Waals surface area contributed by atoms with Gasteiger partial charge in [-0.25, -0.2) is 0 Å². The van der Waals surface area contributed by atoms with E-state index in [4.69, 9.17) is 14.2 Å². The van der Waals surface area contributed by atoms with Gasteiger partial charge in [0.25, 0.3) is 11.7 Å². The summed E-state index contributed by atoms with van der Waals surface area (Å²) in [6, 6.07) is 26.8. The van der Waals surface area contributed by atoms with Crippen molar-refractivity contribution in [2.24, 2.45) is 0 Å². The quantitative estimate of drug-likeness (QED) is 0.201. The van der Waals surface area contributed by atoms with E-state index in [-0.39, 0.29) is 5.41 Å². The highest BCUT2D eigenvalue weighted by Gasteiger charge is 2.26. The van der Waals surface area contributed by atoms with Crippen LogP contribution in [0, 0.1) is 0 Å². The van der Waals surface area contributed by atoms with E-state index < -0.39 is 11.7 Å². The third-order valence-electron chi connectivity index (χ3n) is 7.77. The van der Waals surface area contributed by atoms with Gasteiger partial charge in [-0.15, -0.1) is 0 Å². The predicted molar refractivity (Wildman–Crippen MR) is 161 cm³/mol. The second kappa shape index (κ2) is 12.5. The second-order valence-corrected chi connectivity index (χ2v) is 10.6. The lowest BCUT2D eigenvalue weighted by Crippen LogP contribution is -2.38. The van der Waals surface area contributed by atoms with Gasteiger partial charge in [0, 0.05) is 36.0 Å². The van der Waals surface area contributed by atoms with Gasteiger partial charge in [0.2, 0.25) is 0 Å². The van der Waals surface area contributed by atoms with Crippen LogP contribution in [-0.2, 0) is 14.9 Å². The first-order valence-electron chi connectivity index (χ1n) is 13.9. The van der Waals surface area contributed by atoms with Crippen molar-refractivity contribution >= 4 is 28.2 Å². The highest BCUT2D eigenvalue weighted by molar-refractivity contribution is 6.48. The smallest absolute Gasteiger partial charge is 0.296 e. The van der Waals surface area contributed by atoms with E-state index in [0.29, 0.717) is 34.7 Å². The molecule has 0 saturated carbocycles. The summed E-state index contributed by atoms with van der Waals surface area (Å²) in [5, 5.41) is 4.27. The van der Waals surface area contributed by atoms with Gasteiger partial charge in [-0.1, -0.05) is 74.5 Å². The van der Waals surface area contributed by atoms with E-state index in [2.05, 4.69) is 36.2 Å². The van der Waals surface area contributed by atoms with Crippen LogP contribution in [0.1, 0.15) is 35.3 Å². The summed E-state index contributed by atoms with van der Waals surface area (Å²) in [4.78, 5) is 29.1. The fraction of sp³-hybridized carbons (Fsp3) is 0.294. The number of ketones is 1. The minimum Gasteiger partial charge on any atom is -0.495 e. The van der Waals surface area contributed by atoms with Crippen molar-refractivity contribution in [3.8, 4) is 11.5 Å². The number of anilines is 1. The molecule has 0 spiro atoms. The molecule has 0 atom stereocenters. The maximum Gasteiger partial charge on any atom is 0.296 e. The largest absolute Gasteiger partial charge is 0.495 e. The van der Waals surface area contributed by atoms with E-state index in [1.54, 1.807) is 19.2 Å². The van der Waals surface area contributed by atoms with Crippen molar-refractivity contribution in [2.45, 2.75) is 19.3 Å². The SMILES string of the molecule is COc1ccc(C(C)(C)c2ccccc2)cc1NC(=O)C(=O)c1ccc(OCCN2CCOCC2)c2ccccc12. The Balaban J connectivity index is 1.36. The Bertz CT molecular complexity index is 1530. The third kappa shape index (κ3) is 6.26. The number of morpholine rings is 1. The number of amides is 1. The van der Waals surface area contributed by atoms with Gasteiger partial charge in [-0.2, -0.15) is 0 Å². The molecular weight excluding hydrogens is 516 g/mol. The number of carbonyl (C=O) groups excluding carboxylic acids is 2. The molecule has 1 aliphatic heterocycles. The van der Waals surface area contributed by atoms with Crippen LogP contribution in [0.5, 0.6) is 11.5 Å². The zero-order valence-corrected chi connectivity index (χ0v) is 23.8. The fourth-order valence-electron chi connectivity index (χ4n) is 5.22. The standard InChI is InChI=1S/C34H36N2O5/c1-34(2,24-9-5-4-6-10-24)25-13-15-31(39-3)29(23-25)35-33(38)32(37)28-14-16-30(27-12-8-7-11-26(27)28)41-22-19-36-17-20-40-21-18-36/h4-16,23H,17-22H2,1-3H3,(H,35,38). The molecule has 1 amide bonds. The molecule has 1 heterocycles. The van der Waals surface area contributed by atoms with Crippen LogP contribution in [0.2, 0.25) is 0 Å². The molecular formula is C34H36N2O5. The number of Topliss-reactive ketones (excluding diaryl/α,β-unsaturated/α-hetero) is 1. The van der Waals surface area contributed by atoms with Crippen molar-refractivity contribution in [3.63, 3.8) is 0 Å². The predicted octanol–water partition coefficient (Wildman–Crippen LogP) is 5.71. The first-order chi connectivity index (χ1) is 19.9. The topological polar surface area (TPSA) is 77.1 Å². The van der Waals surface area contributed by atoms with Crippen molar-refractivity contribution in [1.82, 2.24) is 4.90 Å². The zero-order valence-electron chi connectivity index (χ0n) is 23.8. The summed E-state index contributed by atoms with van der Waals surface area (Å²) >= 11 is 0. The lowest BCUT2D eigenvalue weighted by molar-refractivity contribution is -0.112. The molecule has 5 rings (SSSR count). The molecule has 0 aromatic heterocycles. The van der Waals surface area contributed by atoms with Gasteiger partial charge < -0.3 is 19.5 Å². The van der Waals surface area contributed by atoms with Gasteiger partial charge >= 0.3 is 0 Å². The molecule has 1 saturated heterocycles. The molecule has 4 aromatic carbocycles. The van der Waals surface area contributed by atoms with Crippen LogP contribution < -0.4 is 14.8 Å². The summed E-state index contributed by atoms with van der Waals surface area (Å²) in [6.07, 6.45) is 0. The van der Waals surface area contributed by atoms with Crippen LogP contribution in [0.4, 0.5) is 5.69 Å². The Kier molecular flexibility index (Phi) is 8.67. The molecule has 1 aliphatic rings. The molecule has 0 radical (unpaired) electrons. The third-order valence-corrected chi connectivity index (χ3v) is 7.77. The van der Waals surface area contributed by atoms with Crippen molar-refractivity contribution in [2.75, 3.05) is 51.9 Å². The summed E-state index contributed by atoms with van der Waals surface area (Å²) in [5.74, 6) is -0.198. The Morgan fingerprint density at radius 2 is 1.54 bits per heavy atom. The average Bonchev–Trinajstić information content (AvgIpc) is 3.01. The molecule has 1 N–H and O–H groups in total. The van der Waals surface area contributed by atoms with Gasteiger partial charge in [-0.3, -0.25) is 14.5 Å². The molecule has 7 nitrogen and oxygen atoms in total. The van der Waals surface area contributed by atoms with Crippen LogP contribution >= 0.6 is 0 Å². The Morgan fingerprint density at radius 1 is 0.854 bits per heavy atom. The van der Waals surface area contributed by atoms with Crippen LogP contribution in [0.25, 0.3) is 10.8 Å². The normalized spacial score (nSPS) is 14.0. The van der Waals surface area contributed by atoms with E-state index in [1.807, 2.05) is 60.7 Å². The van der Waals surface area contributed by atoms with E-state index >= 15 is 0 Å². The lowest BCUT2D eigenvalue weighted by Gasteiger charge is -2.27. The number of nitrogens with zero attached hydrogens (tertiary/aromatic N) is 1. The molecule has 212 valence electrons. The second-order valence-electron chi connectivity index (χ2n) is 10.6. The van der Waals surface area contributed by atoms with Crippen LogP contribution in [0.15, 0.2) is 84.9 Å². The number of ether oxygens (including phenoxy) is 3. The number of hydrogen-bond donors (Lipinski definition) is 1. The zero-order chi connectivity index (χ0) is 28.8. The number of nitrogens with one attached hydrogen (secondary N) is 1. The molecule has 41 heavy (non-hydrogen) atoms. The maximum absolute atomic E-state index is 13.5. The summed E-state index contributed by atoms with van der Waals surface area (Å²) in [6.45, 7) is 8.82. The van der Waals surface area contributed by atoms with Gasteiger partial charge in [-0.05, 0) is 40.8 Å².